The molecule has 8 heteroatoms. The van der Waals surface area contributed by atoms with Gasteiger partial charge in [0.15, 0.2) is 4.80 Å². The van der Waals surface area contributed by atoms with Crippen LogP contribution in [-0.2, 0) is 7.05 Å². The van der Waals surface area contributed by atoms with E-state index in [-0.39, 0.29) is 5.69 Å². The maximum atomic E-state index is 12.6. The van der Waals surface area contributed by atoms with Gasteiger partial charge < -0.3 is 9.30 Å². The van der Waals surface area contributed by atoms with E-state index in [4.69, 9.17) is 4.74 Å². The summed E-state index contributed by atoms with van der Waals surface area (Å²) in [6.45, 7) is 0. The monoisotopic (exact) mass is 405 g/mol. The molecular formula is C21H15N3O4S. The number of aryl methyl sites for hydroxylation is 1. The molecule has 29 heavy (non-hydrogen) atoms. The average molecular weight is 405 g/mol. The predicted molar refractivity (Wildman–Crippen MR) is 110 cm³/mol. The van der Waals surface area contributed by atoms with Crippen LogP contribution in [0.25, 0.3) is 10.2 Å². The summed E-state index contributed by atoms with van der Waals surface area (Å²) in [5, 5.41) is 11.0. The largest absolute Gasteiger partial charge is 0.457 e. The molecule has 1 amide bonds. The SMILES string of the molecule is Cn1c(=NC(=O)c2ccc(Oc3ccccc3)cc2)sc2ccc([N+](=O)[O-])cc21. The van der Waals surface area contributed by atoms with Crippen molar-refractivity contribution in [3.8, 4) is 11.5 Å². The van der Waals surface area contributed by atoms with Crippen molar-refractivity contribution in [1.82, 2.24) is 4.57 Å². The second-order valence-corrected chi connectivity index (χ2v) is 7.22. The Bertz CT molecular complexity index is 1280. The Morgan fingerprint density at radius 3 is 2.41 bits per heavy atom. The van der Waals surface area contributed by atoms with Gasteiger partial charge in [0.25, 0.3) is 11.6 Å². The van der Waals surface area contributed by atoms with E-state index in [2.05, 4.69) is 4.99 Å². The Kier molecular flexibility index (Phi) is 4.92. The summed E-state index contributed by atoms with van der Waals surface area (Å²) in [7, 11) is 1.73. The van der Waals surface area contributed by atoms with Crippen LogP contribution in [0, 0.1) is 10.1 Å². The van der Waals surface area contributed by atoms with Crippen molar-refractivity contribution >= 4 is 33.1 Å². The van der Waals surface area contributed by atoms with Crippen LogP contribution in [0.3, 0.4) is 0 Å². The Hall–Kier alpha value is -3.78. The van der Waals surface area contributed by atoms with Gasteiger partial charge in [0.2, 0.25) is 0 Å². The van der Waals surface area contributed by atoms with E-state index in [1.807, 2.05) is 30.3 Å². The number of nitro benzene ring substituents is 1. The number of aromatic nitrogens is 1. The fraction of sp³-hybridized carbons (Fsp3) is 0.0476. The van der Waals surface area contributed by atoms with E-state index in [1.165, 1.54) is 23.5 Å². The van der Waals surface area contributed by atoms with Crippen molar-refractivity contribution in [3.05, 3.63) is 93.3 Å². The molecule has 0 saturated carbocycles. The first-order valence-corrected chi connectivity index (χ1v) is 9.49. The highest BCUT2D eigenvalue weighted by Crippen LogP contribution is 2.23. The van der Waals surface area contributed by atoms with Gasteiger partial charge in [-0.05, 0) is 42.5 Å². The number of thiazole rings is 1. The van der Waals surface area contributed by atoms with Gasteiger partial charge in [-0.1, -0.05) is 29.5 Å². The minimum absolute atomic E-state index is 0.00205. The molecule has 144 valence electrons. The number of carbonyl (C=O) groups is 1. The van der Waals surface area contributed by atoms with E-state index < -0.39 is 10.8 Å². The second kappa shape index (κ2) is 7.69. The highest BCUT2D eigenvalue weighted by molar-refractivity contribution is 7.16. The Morgan fingerprint density at radius 2 is 1.72 bits per heavy atom. The first kappa shape index (κ1) is 18.6. The molecule has 0 bridgehead atoms. The van der Waals surface area contributed by atoms with Crippen LogP contribution in [-0.4, -0.2) is 15.4 Å². The number of hydrogen-bond donors (Lipinski definition) is 0. The third-order valence-corrected chi connectivity index (χ3v) is 5.39. The number of fused-ring (bicyclic) bond motifs is 1. The first-order valence-electron chi connectivity index (χ1n) is 8.67. The lowest BCUT2D eigenvalue weighted by atomic mass is 10.2. The molecule has 1 heterocycles. The molecule has 3 aromatic carbocycles. The number of rotatable bonds is 4. The van der Waals surface area contributed by atoms with Gasteiger partial charge in [0.05, 0.1) is 15.1 Å². The van der Waals surface area contributed by atoms with E-state index in [1.54, 1.807) is 41.9 Å². The van der Waals surface area contributed by atoms with Crippen LogP contribution < -0.4 is 9.54 Å². The number of nitro groups is 1. The summed E-state index contributed by atoms with van der Waals surface area (Å²) in [6.07, 6.45) is 0. The number of carbonyl (C=O) groups excluding carboxylic acids is 1. The smallest absolute Gasteiger partial charge is 0.279 e. The Balaban J connectivity index is 1.60. The quantitative estimate of drug-likeness (QED) is 0.364. The molecule has 0 saturated heterocycles. The Labute approximate surface area is 169 Å². The first-order chi connectivity index (χ1) is 14.0. The zero-order chi connectivity index (χ0) is 20.4. The molecule has 4 rings (SSSR count). The van der Waals surface area contributed by atoms with E-state index in [9.17, 15) is 14.9 Å². The summed E-state index contributed by atoms with van der Waals surface area (Å²) < 4.78 is 8.22. The van der Waals surface area contributed by atoms with Crippen LogP contribution in [0.15, 0.2) is 77.8 Å². The maximum absolute atomic E-state index is 12.6. The zero-order valence-electron chi connectivity index (χ0n) is 15.3. The average Bonchev–Trinajstić information content (AvgIpc) is 3.04. The van der Waals surface area contributed by atoms with Gasteiger partial charge in [0.1, 0.15) is 11.5 Å². The Morgan fingerprint density at radius 1 is 1.03 bits per heavy atom. The van der Waals surface area contributed by atoms with Crippen molar-refractivity contribution in [2.45, 2.75) is 0 Å². The van der Waals surface area contributed by atoms with Crippen LogP contribution in [0.5, 0.6) is 11.5 Å². The lowest BCUT2D eigenvalue weighted by molar-refractivity contribution is -0.384. The summed E-state index contributed by atoms with van der Waals surface area (Å²) in [5.74, 6) is 0.933. The molecule has 0 spiro atoms. The molecule has 7 nitrogen and oxygen atoms in total. The van der Waals surface area contributed by atoms with Gasteiger partial charge in [-0.2, -0.15) is 4.99 Å². The number of non-ortho nitro benzene ring substituents is 1. The number of hydrogen-bond acceptors (Lipinski definition) is 5. The standard InChI is InChI=1S/C21H15N3O4S/c1-23-18-13-15(24(26)27)9-12-19(18)29-21(23)22-20(25)14-7-10-17(11-8-14)28-16-5-3-2-4-6-16/h2-13H,1H3. The number of ether oxygens (including phenoxy) is 1. The van der Waals surface area contributed by atoms with E-state index in [0.717, 1.165) is 4.70 Å². The summed E-state index contributed by atoms with van der Waals surface area (Å²) >= 11 is 1.30. The highest BCUT2D eigenvalue weighted by Gasteiger charge is 2.12. The van der Waals surface area contributed by atoms with Gasteiger partial charge >= 0.3 is 0 Å². The van der Waals surface area contributed by atoms with E-state index >= 15 is 0 Å². The van der Waals surface area contributed by atoms with Gasteiger partial charge in [0, 0.05) is 24.7 Å². The maximum Gasteiger partial charge on any atom is 0.279 e. The zero-order valence-corrected chi connectivity index (χ0v) is 16.1. The number of para-hydroxylation sites is 1. The minimum Gasteiger partial charge on any atom is -0.457 e. The molecule has 0 aliphatic heterocycles. The van der Waals surface area contributed by atoms with Crippen molar-refractivity contribution in [2.75, 3.05) is 0 Å². The second-order valence-electron chi connectivity index (χ2n) is 6.21. The lowest BCUT2D eigenvalue weighted by Crippen LogP contribution is -2.13. The fourth-order valence-corrected chi connectivity index (χ4v) is 3.77. The summed E-state index contributed by atoms with van der Waals surface area (Å²) in [4.78, 5) is 27.8. The van der Waals surface area contributed by atoms with Gasteiger partial charge in [-0.25, -0.2) is 0 Å². The summed E-state index contributed by atoms with van der Waals surface area (Å²) in [6, 6.07) is 20.7. The highest BCUT2D eigenvalue weighted by atomic mass is 32.1. The third-order valence-electron chi connectivity index (χ3n) is 4.28. The number of amides is 1. The molecular weight excluding hydrogens is 390 g/mol. The van der Waals surface area contributed by atoms with Crippen LogP contribution in [0.4, 0.5) is 5.69 Å². The van der Waals surface area contributed by atoms with E-state index in [0.29, 0.717) is 27.4 Å². The minimum atomic E-state index is -0.446. The molecule has 0 fully saturated rings. The molecule has 0 atom stereocenters. The van der Waals surface area contributed by atoms with Crippen LogP contribution in [0.2, 0.25) is 0 Å². The molecule has 4 aromatic rings. The predicted octanol–water partition coefficient (Wildman–Crippen LogP) is 4.68. The van der Waals surface area contributed by atoms with Crippen molar-refractivity contribution in [3.63, 3.8) is 0 Å². The van der Waals surface area contributed by atoms with Crippen molar-refractivity contribution < 1.29 is 14.5 Å². The number of benzene rings is 3. The van der Waals surface area contributed by atoms with Crippen molar-refractivity contribution in [2.24, 2.45) is 12.0 Å². The van der Waals surface area contributed by atoms with Crippen molar-refractivity contribution in [1.29, 1.82) is 0 Å². The summed E-state index contributed by atoms with van der Waals surface area (Å²) in [5.41, 5.74) is 1.08. The molecule has 0 unspecified atom stereocenters. The molecule has 0 aliphatic rings. The van der Waals surface area contributed by atoms with Crippen LogP contribution >= 0.6 is 11.3 Å². The fourth-order valence-electron chi connectivity index (χ4n) is 2.78. The molecule has 1 aromatic heterocycles. The molecule has 0 N–H and O–H groups in total. The number of nitrogens with zero attached hydrogens (tertiary/aromatic N) is 3. The molecule has 0 radical (unpaired) electrons. The topological polar surface area (TPSA) is 86.7 Å². The van der Waals surface area contributed by atoms with Crippen LogP contribution in [0.1, 0.15) is 10.4 Å². The lowest BCUT2D eigenvalue weighted by Gasteiger charge is -2.05. The molecule has 0 aliphatic carbocycles. The third kappa shape index (κ3) is 3.92. The normalized spacial score (nSPS) is 11.6. The van der Waals surface area contributed by atoms with Gasteiger partial charge in [-0.15, -0.1) is 0 Å². The van der Waals surface area contributed by atoms with Gasteiger partial charge in [-0.3, -0.25) is 14.9 Å².